The highest BCUT2D eigenvalue weighted by Gasteiger charge is 2.16. The summed E-state index contributed by atoms with van der Waals surface area (Å²) in [7, 11) is 0. The Labute approximate surface area is 160 Å². The Bertz CT molecular complexity index is 763. The number of carbonyl (C=O) groups excluding carboxylic acids is 2. The molecule has 132 valence electrons. The molecule has 1 atom stereocenters. The van der Waals surface area contributed by atoms with E-state index in [1.165, 1.54) is 11.8 Å². The van der Waals surface area contributed by atoms with Crippen LogP contribution in [0.15, 0.2) is 46.9 Å². The minimum absolute atomic E-state index is 0.120. The topological polar surface area (TPSA) is 58.2 Å². The van der Waals surface area contributed by atoms with Gasteiger partial charge in [0.15, 0.2) is 0 Å². The number of hydrogen-bond acceptors (Lipinski definition) is 3. The third-order valence-corrected chi connectivity index (χ3v) is 5.35. The number of amides is 2. The van der Waals surface area contributed by atoms with E-state index in [-0.39, 0.29) is 22.8 Å². The van der Waals surface area contributed by atoms with Crippen molar-refractivity contribution in [2.75, 3.05) is 16.4 Å². The lowest BCUT2D eigenvalue weighted by atomic mass is 10.2. The summed E-state index contributed by atoms with van der Waals surface area (Å²) in [5.74, 6) is -0.0277. The standard InChI is InChI=1S/C19H21BrN2O2S/c1-12-4-7-15(8-5-12)21-18(23)11-25-14(3)19(24)22-17-9-6-13(2)10-16(17)20/h4-10,14H,11H2,1-3H3,(H,21,23)(H,22,24). The van der Waals surface area contributed by atoms with Crippen LogP contribution in [-0.4, -0.2) is 22.8 Å². The highest BCUT2D eigenvalue weighted by Crippen LogP contribution is 2.24. The molecular weight excluding hydrogens is 400 g/mol. The molecule has 0 aliphatic carbocycles. The normalized spacial score (nSPS) is 11.7. The molecule has 2 aromatic carbocycles. The maximum Gasteiger partial charge on any atom is 0.237 e. The van der Waals surface area contributed by atoms with Gasteiger partial charge in [-0.05, 0) is 66.5 Å². The Morgan fingerprint density at radius 1 is 1.04 bits per heavy atom. The highest BCUT2D eigenvalue weighted by atomic mass is 79.9. The SMILES string of the molecule is Cc1ccc(NC(=O)CSC(C)C(=O)Nc2ccc(C)cc2Br)cc1. The first-order valence-electron chi connectivity index (χ1n) is 7.90. The van der Waals surface area contributed by atoms with Gasteiger partial charge in [-0.15, -0.1) is 11.8 Å². The average Bonchev–Trinajstić information content (AvgIpc) is 2.57. The molecule has 0 saturated carbocycles. The highest BCUT2D eigenvalue weighted by molar-refractivity contribution is 9.10. The number of anilines is 2. The van der Waals surface area contributed by atoms with Crippen molar-refractivity contribution in [3.8, 4) is 0 Å². The molecule has 0 heterocycles. The van der Waals surface area contributed by atoms with Crippen molar-refractivity contribution >= 4 is 50.9 Å². The first-order valence-corrected chi connectivity index (χ1v) is 9.74. The van der Waals surface area contributed by atoms with E-state index in [0.29, 0.717) is 0 Å². The zero-order chi connectivity index (χ0) is 18.4. The van der Waals surface area contributed by atoms with Crippen LogP contribution in [0, 0.1) is 13.8 Å². The summed E-state index contributed by atoms with van der Waals surface area (Å²) in [6.07, 6.45) is 0. The number of thioether (sulfide) groups is 1. The van der Waals surface area contributed by atoms with Crippen LogP contribution >= 0.6 is 27.7 Å². The summed E-state index contributed by atoms with van der Waals surface area (Å²) in [4.78, 5) is 24.3. The maximum atomic E-state index is 12.3. The summed E-state index contributed by atoms with van der Waals surface area (Å²) in [5, 5.41) is 5.37. The van der Waals surface area contributed by atoms with E-state index in [4.69, 9.17) is 0 Å². The number of aryl methyl sites for hydroxylation is 2. The van der Waals surface area contributed by atoms with E-state index in [2.05, 4.69) is 26.6 Å². The quantitative estimate of drug-likeness (QED) is 0.707. The summed E-state index contributed by atoms with van der Waals surface area (Å²) in [6, 6.07) is 13.4. The molecular formula is C19H21BrN2O2S. The van der Waals surface area contributed by atoms with Gasteiger partial charge in [0, 0.05) is 10.2 Å². The second-order valence-electron chi connectivity index (χ2n) is 5.84. The summed E-state index contributed by atoms with van der Waals surface area (Å²) < 4.78 is 0.843. The Morgan fingerprint density at radius 2 is 1.68 bits per heavy atom. The number of benzene rings is 2. The van der Waals surface area contributed by atoms with Crippen LogP contribution in [0.2, 0.25) is 0 Å². The molecule has 25 heavy (non-hydrogen) atoms. The van der Waals surface area contributed by atoms with E-state index >= 15 is 0 Å². The lowest BCUT2D eigenvalue weighted by molar-refractivity contribution is -0.115. The predicted molar refractivity (Wildman–Crippen MR) is 109 cm³/mol. The monoisotopic (exact) mass is 420 g/mol. The molecule has 4 nitrogen and oxygen atoms in total. The number of carbonyl (C=O) groups is 2. The van der Waals surface area contributed by atoms with Gasteiger partial charge >= 0.3 is 0 Å². The molecule has 0 aliphatic heterocycles. The molecule has 0 radical (unpaired) electrons. The fourth-order valence-corrected chi connectivity index (χ4v) is 3.34. The van der Waals surface area contributed by atoms with E-state index in [0.717, 1.165) is 27.0 Å². The van der Waals surface area contributed by atoms with Gasteiger partial charge < -0.3 is 10.6 Å². The molecule has 2 aromatic rings. The number of hydrogen-bond donors (Lipinski definition) is 2. The van der Waals surface area contributed by atoms with Crippen molar-refractivity contribution < 1.29 is 9.59 Å². The third kappa shape index (κ3) is 6.21. The van der Waals surface area contributed by atoms with E-state index in [1.807, 2.05) is 56.3 Å². The van der Waals surface area contributed by atoms with Gasteiger partial charge in [0.2, 0.25) is 11.8 Å². The van der Waals surface area contributed by atoms with E-state index in [9.17, 15) is 9.59 Å². The summed E-state index contributed by atoms with van der Waals surface area (Å²) in [6.45, 7) is 5.77. The molecule has 0 spiro atoms. The van der Waals surface area contributed by atoms with Crippen molar-refractivity contribution in [2.45, 2.75) is 26.0 Å². The van der Waals surface area contributed by atoms with E-state index < -0.39 is 0 Å². The van der Waals surface area contributed by atoms with Crippen LogP contribution in [0.1, 0.15) is 18.1 Å². The molecule has 1 unspecified atom stereocenters. The van der Waals surface area contributed by atoms with Gasteiger partial charge in [0.05, 0.1) is 16.7 Å². The number of halogens is 1. The number of rotatable bonds is 6. The van der Waals surface area contributed by atoms with Gasteiger partial charge in [-0.2, -0.15) is 0 Å². The van der Waals surface area contributed by atoms with Crippen molar-refractivity contribution in [3.05, 3.63) is 58.1 Å². The first-order chi connectivity index (χ1) is 11.8. The average molecular weight is 421 g/mol. The van der Waals surface area contributed by atoms with Crippen molar-refractivity contribution in [1.82, 2.24) is 0 Å². The molecule has 6 heteroatoms. The van der Waals surface area contributed by atoms with Crippen LogP contribution in [0.4, 0.5) is 11.4 Å². The molecule has 2 N–H and O–H groups in total. The molecule has 0 bridgehead atoms. The fraction of sp³-hybridized carbons (Fsp3) is 0.263. The Balaban J connectivity index is 1.82. The smallest absolute Gasteiger partial charge is 0.237 e. The van der Waals surface area contributed by atoms with Gasteiger partial charge in [0.25, 0.3) is 0 Å². The van der Waals surface area contributed by atoms with Crippen LogP contribution in [0.25, 0.3) is 0 Å². The van der Waals surface area contributed by atoms with Crippen molar-refractivity contribution in [2.24, 2.45) is 0 Å². The van der Waals surface area contributed by atoms with Crippen molar-refractivity contribution in [1.29, 1.82) is 0 Å². The Morgan fingerprint density at radius 3 is 2.32 bits per heavy atom. The largest absolute Gasteiger partial charge is 0.325 e. The Hall–Kier alpha value is -1.79. The zero-order valence-corrected chi connectivity index (χ0v) is 16.8. The maximum absolute atomic E-state index is 12.3. The van der Waals surface area contributed by atoms with Crippen LogP contribution in [-0.2, 0) is 9.59 Å². The van der Waals surface area contributed by atoms with Crippen LogP contribution < -0.4 is 10.6 Å². The molecule has 2 amide bonds. The molecule has 0 saturated heterocycles. The minimum atomic E-state index is -0.336. The fourth-order valence-electron chi connectivity index (χ4n) is 2.07. The molecule has 2 rings (SSSR count). The van der Waals surface area contributed by atoms with Crippen LogP contribution in [0.3, 0.4) is 0 Å². The van der Waals surface area contributed by atoms with Gasteiger partial charge in [-0.3, -0.25) is 9.59 Å². The molecule has 0 aliphatic rings. The Kier molecular flexibility index (Phi) is 7.08. The number of nitrogens with one attached hydrogen (secondary N) is 2. The van der Waals surface area contributed by atoms with Gasteiger partial charge in [0.1, 0.15) is 0 Å². The minimum Gasteiger partial charge on any atom is -0.325 e. The third-order valence-electron chi connectivity index (χ3n) is 3.55. The van der Waals surface area contributed by atoms with Crippen LogP contribution in [0.5, 0.6) is 0 Å². The van der Waals surface area contributed by atoms with Crippen molar-refractivity contribution in [3.63, 3.8) is 0 Å². The first kappa shape index (κ1) is 19.5. The lowest BCUT2D eigenvalue weighted by Gasteiger charge is -2.13. The lowest BCUT2D eigenvalue weighted by Crippen LogP contribution is -2.25. The van der Waals surface area contributed by atoms with E-state index in [1.54, 1.807) is 6.92 Å². The predicted octanol–water partition coefficient (Wildman–Crippen LogP) is 4.76. The summed E-state index contributed by atoms with van der Waals surface area (Å²) in [5.41, 5.74) is 3.74. The molecule has 0 aromatic heterocycles. The second kappa shape index (κ2) is 9.06. The zero-order valence-electron chi connectivity index (χ0n) is 14.4. The van der Waals surface area contributed by atoms with Gasteiger partial charge in [-0.1, -0.05) is 23.8 Å². The van der Waals surface area contributed by atoms with Gasteiger partial charge in [-0.25, -0.2) is 0 Å². The second-order valence-corrected chi connectivity index (χ2v) is 8.02. The molecule has 0 fully saturated rings. The summed E-state index contributed by atoms with van der Waals surface area (Å²) >= 11 is 4.75.